The van der Waals surface area contributed by atoms with Gasteiger partial charge in [0.25, 0.3) is 0 Å². The molecule has 76 valence electrons. The molecular formula is C10H8N2O2S. The highest BCUT2D eigenvalue weighted by Gasteiger charge is 2.25. The summed E-state index contributed by atoms with van der Waals surface area (Å²) in [7, 11) is 0. The van der Waals surface area contributed by atoms with Gasteiger partial charge in [0.05, 0.1) is 26.4 Å². The second-order valence-electron chi connectivity index (χ2n) is 3.04. The Balaban J connectivity index is 2.46. The van der Waals surface area contributed by atoms with Crippen molar-refractivity contribution in [1.29, 1.82) is 0 Å². The van der Waals surface area contributed by atoms with E-state index in [4.69, 9.17) is 22.6 Å². The van der Waals surface area contributed by atoms with Gasteiger partial charge in [-0.25, -0.2) is 9.69 Å². The van der Waals surface area contributed by atoms with Gasteiger partial charge in [-0.15, -0.1) is 0 Å². The molecule has 5 heteroatoms. The highest BCUT2D eigenvalue weighted by atomic mass is 32.1. The Morgan fingerprint density at radius 1 is 1.27 bits per heavy atom. The van der Waals surface area contributed by atoms with Crippen LogP contribution < -0.4 is 0 Å². The zero-order chi connectivity index (χ0) is 10.8. The molecule has 0 bridgehead atoms. The standard InChI is InChI=1S/C10H8N2O2S/c1-6-7(11-2)9(12-3)15-8(6)10-13-4-5-14-10/h10H,4-5H2,1H3. The summed E-state index contributed by atoms with van der Waals surface area (Å²) in [5, 5.41) is 0.427. The first-order valence-electron chi connectivity index (χ1n) is 4.39. The first-order valence-corrected chi connectivity index (χ1v) is 5.21. The van der Waals surface area contributed by atoms with Gasteiger partial charge in [-0.2, -0.15) is 11.3 Å². The van der Waals surface area contributed by atoms with Gasteiger partial charge in [-0.1, -0.05) is 0 Å². The van der Waals surface area contributed by atoms with Crippen molar-refractivity contribution >= 4 is 22.0 Å². The lowest BCUT2D eigenvalue weighted by molar-refractivity contribution is -0.0416. The molecule has 1 fully saturated rings. The van der Waals surface area contributed by atoms with Crippen LogP contribution in [0.2, 0.25) is 0 Å². The van der Waals surface area contributed by atoms with Crippen molar-refractivity contribution in [3.8, 4) is 0 Å². The topological polar surface area (TPSA) is 27.2 Å². The molecule has 1 aliphatic heterocycles. The average molecular weight is 220 g/mol. The van der Waals surface area contributed by atoms with E-state index in [9.17, 15) is 0 Å². The molecule has 0 atom stereocenters. The molecule has 0 amide bonds. The highest BCUT2D eigenvalue weighted by molar-refractivity contribution is 7.17. The van der Waals surface area contributed by atoms with Crippen LogP contribution in [0, 0.1) is 20.1 Å². The van der Waals surface area contributed by atoms with E-state index in [0.29, 0.717) is 23.9 Å². The van der Waals surface area contributed by atoms with Crippen LogP contribution in [0.3, 0.4) is 0 Å². The van der Waals surface area contributed by atoms with Crippen molar-refractivity contribution in [3.63, 3.8) is 0 Å². The minimum atomic E-state index is -0.383. The van der Waals surface area contributed by atoms with Gasteiger partial charge in [0.2, 0.25) is 10.7 Å². The summed E-state index contributed by atoms with van der Waals surface area (Å²) in [4.78, 5) is 7.56. The molecule has 0 spiro atoms. The molecule has 0 saturated carbocycles. The van der Waals surface area contributed by atoms with Crippen molar-refractivity contribution < 1.29 is 9.47 Å². The van der Waals surface area contributed by atoms with Crippen LogP contribution in [0.4, 0.5) is 10.7 Å². The minimum absolute atomic E-state index is 0.383. The van der Waals surface area contributed by atoms with Crippen molar-refractivity contribution in [3.05, 3.63) is 33.3 Å². The molecule has 2 rings (SSSR count). The van der Waals surface area contributed by atoms with Gasteiger partial charge in [0.1, 0.15) is 0 Å². The Morgan fingerprint density at radius 3 is 2.40 bits per heavy atom. The lowest BCUT2D eigenvalue weighted by Gasteiger charge is -2.07. The lowest BCUT2D eigenvalue weighted by atomic mass is 10.2. The van der Waals surface area contributed by atoms with Crippen LogP contribution in [0.25, 0.3) is 9.69 Å². The summed E-state index contributed by atoms with van der Waals surface area (Å²) in [6.45, 7) is 17.0. The average Bonchev–Trinajstić information content (AvgIpc) is 2.84. The Morgan fingerprint density at radius 2 is 1.93 bits per heavy atom. The van der Waals surface area contributed by atoms with E-state index in [1.54, 1.807) is 0 Å². The molecule has 1 aliphatic rings. The summed E-state index contributed by atoms with van der Waals surface area (Å²) in [6.07, 6.45) is -0.383. The minimum Gasteiger partial charge on any atom is -0.345 e. The lowest BCUT2D eigenvalue weighted by Crippen LogP contribution is -1.96. The summed E-state index contributed by atoms with van der Waals surface area (Å²) in [5.41, 5.74) is 1.25. The van der Waals surface area contributed by atoms with Gasteiger partial charge in [0.15, 0.2) is 6.29 Å². The number of thiophene rings is 1. The summed E-state index contributed by atoms with van der Waals surface area (Å²) >= 11 is 1.29. The SMILES string of the molecule is [C-]#[N+]c1sc(C2OCCO2)c(C)c1[N+]#[C-]. The number of nitrogens with zero attached hydrogens (tertiary/aromatic N) is 2. The van der Waals surface area contributed by atoms with E-state index >= 15 is 0 Å². The normalized spacial score (nSPS) is 16.2. The fourth-order valence-corrected chi connectivity index (χ4v) is 2.48. The summed E-state index contributed by atoms with van der Waals surface area (Å²) < 4.78 is 10.7. The number of rotatable bonds is 1. The quantitative estimate of drug-likeness (QED) is 0.679. The van der Waals surface area contributed by atoms with E-state index < -0.39 is 0 Å². The largest absolute Gasteiger partial charge is 0.345 e. The van der Waals surface area contributed by atoms with Crippen LogP contribution in [-0.4, -0.2) is 13.2 Å². The molecule has 1 aromatic rings. The third kappa shape index (κ3) is 1.62. The van der Waals surface area contributed by atoms with E-state index in [1.165, 1.54) is 11.3 Å². The van der Waals surface area contributed by atoms with Crippen LogP contribution in [0.5, 0.6) is 0 Å². The third-order valence-electron chi connectivity index (χ3n) is 2.18. The molecule has 0 radical (unpaired) electrons. The molecule has 0 aliphatic carbocycles. The Kier molecular flexibility index (Phi) is 2.70. The first-order chi connectivity index (χ1) is 7.27. The zero-order valence-electron chi connectivity index (χ0n) is 8.11. The maximum absolute atomic E-state index is 7.02. The number of ether oxygens (including phenoxy) is 2. The molecule has 1 aromatic heterocycles. The van der Waals surface area contributed by atoms with Crippen LogP contribution >= 0.6 is 11.3 Å². The fraction of sp³-hybridized carbons (Fsp3) is 0.400. The summed E-state index contributed by atoms with van der Waals surface area (Å²) in [5.74, 6) is 0. The highest BCUT2D eigenvalue weighted by Crippen LogP contribution is 2.46. The molecule has 0 unspecified atom stereocenters. The van der Waals surface area contributed by atoms with Gasteiger partial charge in [-0.05, 0) is 12.5 Å². The van der Waals surface area contributed by atoms with Crippen molar-refractivity contribution in [2.45, 2.75) is 13.2 Å². The van der Waals surface area contributed by atoms with E-state index in [-0.39, 0.29) is 6.29 Å². The molecular weight excluding hydrogens is 212 g/mol. The second kappa shape index (κ2) is 4.00. The van der Waals surface area contributed by atoms with Gasteiger partial charge < -0.3 is 9.47 Å². The van der Waals surface area contributed by atoms with Crippen LogP contribution in [0.1, 0.15) is 16.7 Å². The predicted octanol–water partition coefficient (Wildman–Crippen LogP) is 3.20. The Bertz CT molecular complexity index is 461. The number of hydrogen-bond acceptors (Lipinski definition) is 3. The van der Waals surface area contributed by atoms with Crippen molar-refractivity contribution in [2.24, 2.45) is 0 Å². The molecule has 0 N–H and O–H groups in total. The molecule has 15 heavy (non-hydrogen) atoms. The fourth-order valence-electron chi connectivity index (χ4n) is 1.45. The van der Waals surface area contributed by atoms with Gasteiger partial charge in [0, 0.05) is 4.88 Å². The first kappa shape index (κ1) is 10.1. The van der Waals surface area contributed by atoms with E-state index in [2.05, 4.69) is 9.69 Å². The number of hydrogen-bond donors (Lipinski definition) is 0. The maximum atomic E-state index is 7.02. The molecule has 0 aromatic carbocycles. The molecule has 1 saturated heterocycles. The van der Waals surface area contributed by atoms with Gasteiger partial charge >= 0.3 is 0 Å². The summed E-state index contributed by atoms with van der Waals surface area (Å²) in [6, 6.07) is 0. The predicted molar refractivity (Wildman–Crippen MR) is 56.2 cm³/mol. The molecule has 2 heterocycles. The Labute approximate surface area is 91.7 Å². The monoisotopic (exact) mass is 220 g/mol. The van der Waals surface area contributed by atoms with E-state index in [0.717, 1.165) is 10.4 Å². The maximum Gasteiger partial charge on any atom is 0.248 e. The van der Waals surface area contributed by atoms with E-state index in [1.807, 2.05) is 6.92 Å². The van der Waals surface area contributed by atoms with Crippen LogP contribution in [0.15, 0.2) is 0 Å². The van der Waals surface area contributed by atoms with Crippen LogP contribution in [-0.2, 0) is 9.47 Å². The van der Waals surface area contributed by atoms with Crippen molar-refractivity contribution in [1.82, 2.24) is 0 Å². The van der Waals surface area contributed by atoms with Crippen molar-refractivity contribution in [2.75, 3.05) is 13.2 Å². The smallest absolute Gasteiger partial charge is 0.248 e. The third-order valence-corrected chi connectivity index (χ3v) is 3.38. The van der Waals surface area contributed by atoms with Gasteiger partial charge in [-0.3, -0.25) is 0 Å². The molecule has 4 nitrogen and oxygen atoms in total. The Hall–Kier alpha value is -1.40. The second-order valence-corrected chi connectivity index (χ2v) is 4.07. The zero-order valence-corrected chi connectivity index (χ0v) is 8.93.